The highest BCUT2D eigenvalue weighted by Crippen LogP contribution is 2.25. The van der Waals surface area contributed by atoms with E-state index in [1.807, 2.05) is 42.1 Å². The fourth-order valence-electron chi connectivity index (χ4n) is 2.79. The second-order valence-electron chi connectivity index (χ2n) is 5.79. The van der Waals surface area contributed by atoms with Gasteiger partial charge in [0, 0.05) is 41.9 Å². The van der Waals surface area contributed by atoms with Crippen molar-refractivity contribution in [3.63, 3.8) is 0 Å². The van der Waals surface area contributed by atoms with Crippen molar-refractivity contribution in [1.82, 2.24) is 9.88 Å². The van der Waals surface area contributed by atoms with Gasteiger partial charge in [0.1, 0.15) is 5.75 Å². The number of para-hydroxylation sites is 1. The highest BCUT2D eigenvalue weighted by atomic mass is 16.5. The number of hydrogen-bond acceptors (Lipinski definition) is 3. The van der Waals surface area contributed by atoms with Crippen molar-refractivity contribution >= 4 is 22.6 Å². The molecule has 3 rings (SSSR count). The van der Waals surface area contributed by atoms with Crippen molar-refractivity contribution in [2.75, 3.05) is 19.0 Å². The molecule has 6 heteroatoms. The summed E-state index contributed by atoms with van der Waals surface area (Å²) in [5.41, 5.74) is 2.49. The summed E-state index contributed by atoms with van der Waals surface area (Å²) in [6, 6.07) is 14.5. The van der Waals surface area contributed by atoms with Gasteiger partial charge in [0.15, 0.2) is 0 Å². The summed E-state index contributed by atoms with van der Waals surface area (Å²) < 4.78 is 7.04. The van der Waals surface area contributed by atoms with E-state index >= 15 is 0 Å². The van der Waals surface area contributed by atoms with Crippen LogP contribution in [0.4, 0.5) is 10.5 Å². The van der Waals surface area contributed by atoms with E-state index in [0.717, 1.165) is 22.2 Å². The molecule has 0 fully saturated rings. The van der Waals surface area contributed by atoms with Crippen LogP contribution in [0.1, 0.15) is 11.7 Å². The van der Waals surface area contributed by atoms with E-state index in [9.17, 15) is 9.90 Å². The molecule has 0 aliphatic rings. The molecule has 3 N–H and O–H groups in total. The molecule has 6 nitrogen and oxygen atoms in total. The number of aliphatic hydroxyl groups is 1. The third-order valence-electron chi connectivity index (χ3n) is 4.09. The maximum atomic E-state index is 12.0. The molecular formula is C19H21N3O3. The summed E-state index contributed by atoms with van der Waals surface area (Å²) >= 11 is 0. The van der Waals surface area contributed by atoms with Gasteiger partial charge in [-0.15, -0.1) is 0 Å². The average molecular weight is 339 g/mol. The number of hydrogen-bond donors (Lipinski definition) is 3. The van der Waals surface area contributed by atoms with E-state index in [4.69, 9.17) is 4.74 Å². The topological polar surface area (TPSA) is 75.5 Å². The number of aryl methyl sites for hydroxylation is 1. The molecule has 0 saturated heterocycles. The van der Waals surface area contributed by atoms with Crippen LogP contribution in [0.15, 0.2) is 54.7 Å². The summed E-state index contributed by atoms with van der Waals surface area (Å²) in [5, 5.41) is 16.8. The minimum atomic E-state index is -0.785. The van der Waals surface area contributed by atoms with Crippen molar-refractivity contribution in [1.29, 1.82) is 0 Å². The average Bonchev–Trinajstić information content (AvgIpc) is 2.98. The van der Waals surface area contributed by atoms with Crippen LogP contribution in [0, 0.1) is 0 Å². The van der Waals surface area contributed by atoms with E-state index in [-0.39, 0.29) is 12.6 Å². The fourth-order valence-corrected chi connectivity index (χ4v) is 2.79. The minimum Gasteiger partial charge on any atom is -0.497 e. The van der Waals surface area contributed by atoms with Gasteiger partial charge in [-0.3, -0.25) is 0 Å². The molecule has 0 aliphatic heterocycles. The van der Waals surface area contributed by atoms with Crippen LogP contribution in [0.5, 0.6) is 5.75 Å². The Morgan fingerprint density at radius 3 is 2.64 bits per heavy atom. The van der Waals surface area contributed by atoms with Crippen LogP contribution in [0.25, 0.3) is 10.9 Å². The van der Waals surface area contributed by atoms with Crippen LogP contribution in [0.3, 0.4) is 0 Å². The van der Waals surface area contributed by atoms with Gasteiger partial charge in [-0.2, -0.15) is 0 Å². The highest BCUT2D eigenvalue weighted by Gasteiger charge is 2.15. The van der Waals surface area contributed by atoms with Gasteiger partial charge >= 0.3 is 6.03 Å². The van der Waals surface area contributed by atoms with Gasteiger partial charge in [-0.25, -0.2) is 4.79 Å². The number of rotatable bonds is 5. The number of ether oxygens (including phenoxy) is 1. The van der Waals surface area contributed by atoms with Gasteiger partial charge < -0.3 is 25.0 Å². The molecule has 1 aromatic heterocycles. The monoisotopic (exact) mass is 339 g/mol. The van der Waals surface area contributed by atoms with E-state index in [1.165, 1.54) is 0 Å². The van der Waals surface area contributed by atoms with Gasteiger partial charge in [0.2, 0.25) is 0 Å². The molecule has 0 radical (unpaired) electrons. The molecule has 0 saturated carbocycles. The second kappa shape index (κ2) is 7.27. The Hall–Kier alpha value is -2.99. The summed E-state index contributed by atoms with van der Waals surface area (Å²) in [6.45, 7) is 0.121. The molecule has 1 atom stereocenters. The lowest BCUT2D eigenvalue weighted by Crippen LogP contribution is -2.32. The van der Waals surface area contributed by atoms with Crippen LogP contribution >= 0.6 is 0 Å². The number of methoxy groups -OCH3 is 1. The Morgan fingerprint density at radius 2 is 1.92 bits per heavy atom. The first kappa shape index (κ1) is 16.9. The molecule has 0 aliphatic carbocycles. The predicted molar refractivity (Wildman–Crippen MR) is 97.9 cm³/mol. The number of anilines is 1. The third kappa shape index (κ3) is 3.75. The minimum absolute atomic E-state index is 0.121. The second-order valence-corrected chi connectivity index (χ2v) is 5.79. The molecule has 2 aromatic carbocycles. The number of nitrogens with one attached hydrogen (secondary N) is 2. The third-order valence-corrected chi connectivity index (χ3v) is 4.09. The molecular weight excluding hydrogens is 318 g/mol. The van der Waals surface area contributed by atoms with E-state index in [1.54, 1.807) is 31.4 Å². The number of benzene rings is 2. The van der Waals surface area contributed by atoms with Crippen molar-refractivity contribution in [3.05, 3.63) is 60.3 Å². The summed E-state index contributed by atoms with van der Waals surface area (Å²) in [7, 11) is 3.52. The Labute approximate surface area is 146 Å². The zero-order valence-corrected chi connectivity index (χ0v) is 14.2. The standard InChI is InChI=1S/C19H21N3O3/c1-22-12-16(15-5-3-4-6-17(15)22)18(23)11-20-19(24)21-13-7-9-14(25-2)10-8-13/h3-10,12,18,23H,11H2,1-2H3,(H2,20,21,24). The SMILES string of the molecule is COc1ccc(NC(=O)NCC(O)c2cn(C)c3ccccc23)cc1. The molecule has 1 heterocycles. The first-order valence-corrected chi connectivity index (χ1v) is 7.99. The predicted octanol–water partition coefficient (Wildman–Crippen LogP) is 3.04. The quantitative estimate of drug-likeness (QED) is 0.669. The Bertz CT molecular complexity index is 871. The van der Waals surface area contributed by atoms with Crippen LogP contribution in [-0.4, -0.2) is 29.4 Å². The van der Waals surface area contributed by atoms with Gasteiger partial charge in [-0.1, -0.05) is 18.2 Å². The summed E-state index contributed by atoms with van der Waals surface area (Å²) in [5.74, 6) is 0.720. The number of aromatic nitrogens is 1. The van der Waals surface area contributed by atoms with E-state index in [0.29, 0.717) is 5.69 Å². The van der Waals surface area contributed by atoms with Crippen molar-refractivity contribution in [3.8, 4) is 5.75 Å². The van der Waals surface area contributed by atoms with Gasteiger partial charge in [0.05, 0.1) is 13.2 Å². The summed E-state index contributed by atoms with van der Waals surface area (Å²) in [6.07, 6.45) is 1.10. The van der Waals surface area contributed by atoms with Crippen LogP contribution in [-0.2, 0) is 7.05 Å². The normalized spacial score (nSPS) is 12.0. The fraction of sp³-hybridized carbons (Fsp3) is 0.211. The van der Waals surface area contributed by atoms with Crippen LogP contribution < -0.4 is 15.4 Å². The zero-order chi connectivity index (χ0) is 17.8. The lowest BCUT2D eigenvalue weighted by molar-refractivity contribution is 0.176. The van der Waals surface area contributed by atoms with Gasteiger partial charge in [0.25, 0.3) is 0 Å². The molecule has 0 spiro atoms. The van der Waals surface area contributed by atoms with Crippen LogP contribution in [0.2, 0.25) is 0 Å². The Morgan fingerprint density at radius 1 is 1.20 bits per heavy atom. The maximum Gasteiger partial charge on any atom is 0.319 e. The number of aliphatic hydroxyl groups excluding tert-OH is 1. The lowest BCUT2D eigenvalue weighted by Gasteiger charge is -2.12. The highest BCUT2D eigenvalue weighted by molar-refractivity contribution is 5.89. The van der Waals surface area contributed by atoms with Crippen molar-refractivity contribution in [2.45, 2.75) is 6.10 Å². The maximum absolute atomic E-state index is 12.0. The van der Waals surface area contributed by atoms with Crippen molar-refractivity contribution < 1.29 is 14.6 Å². The largest absolute Gasteiger partial charge is 0.497 e. The lowest BCUT2D eigenvalue weighted by atomic mass is 10.1. The number of amides is 2. The van der Waals surface area contributed by atoms with E-state index in [2.05, 4.69) is 10.6 Å². The molecule has 2 amide bonds. The number of carbonyl (C=O) groups excluding carboxylic acids is 1. The Kier molecular flexibility index (Phi) is 4.90. The van der Waals surface area contributed by atoms with Gasteiger partial charge in [-0.05, 0) is 30.3 Å². The molecule has 1 unspecified atom stereocenters. The number of carbonyl (C=O) groups is 1. The first-order chi connectivity index (χ1) is 12.1. The smallest absolute Gasteiger partial charge is 0.319 e. The molecule has 3 aromatic rings. The number of urea groups is 1. The summed E-state index contributed by atoms with van der Waals surface area (Å²) in [4.78, 5) is 12.0. The van der Waals surface area contributed by atoms with E-state index < -0.39 is 6.10 Å². The molecule has 0 bridgehead atoms. The zero-order valence-electron chi connectivity index (χ0n) is 14.2. The molecule has 130 valence electrons. The molecule has 25 heavy (non-hydrogen) atoms. The Balaban J connectivity index is 1.61. The van der Waals surface area contributed by atoms with Crippen molar-refractivity contribution in [2.24, 2.45) is 7.05 Å². The first-order valence-electron chi connectivity index (χ1n) is 7.99. The number of fused-ring (bicyclic) bond motifs is 1. The number of nitrogens with zero attached hydrogens (tertiary/aromatic N) is 1.